The first-order valence-corrected chi connectivity index (χ1v) is 6.95. The Kier molecular flexibility index (Phi) is 4.09. The van der Waals surface area contributed by atoms with Crippen molar-refractivity contribution in [2.75, 3.05) is 11.9 Å². The highest BCUT2D eigenvalue weighted by Crippen LogP contribution is 2.26. The van der Waals surface area contributed by atoms with Gasteiger partial charge >= 0.3 is 0 Å². The summed E-state index contributed by atoms with van der Waals surface area (Å²) in [5, 5.41) is 6.22. The zero-order valence-corrected chi connectivity index (χ0v) is 12.0. The molecule has 1 heterocycles. The quantitative estimate of drug-likeness (QED) is 0.779. The molecule has 1 aromatic carbocycles. The van der Waals surface area contributed by atoms with Crippen LogP contribution in [0.2, 0.25) is 0 Å². The average molecular weight is 275 g/mol. The van der Waals surface area contributed by atoms with Crippen LogP contribution in [0.3, 0.4) is 0 Å². The molecule has 0 saturated carbocycles. The third-order valence-electron chi connectivity index (χ3n) is 4.05. The fraction of sp³-hybridized carbons (Fsp3) is 0.467. The number of carbonyl (C=O) groups is 2. The third kappa shape index (κ3) is 2.67. The van der Waals surface area contributed by atoms with Crippen LogP contribution in [0.1, 0.15) is 42.1 Å². The zero-order valence-electron chi connectivity index (χ0n) is 12.0. The molecule has 2 rings (SSSR count). The molecule has 1 aliphatic rings. The number of hydrogen-bond acceptors (Lipinski definition) is 3. The lowest BCUT2D eigenvalue weighted by Gasteiger charge is -2.27. The largest absolute Gasteiger partial charge is 0.366 e. The Morgan fingerprint density at radius 2 is 2.20 bits per heavy atom. The Morgan fingerprint density at radius 1 is 1.45 bits per heavy atom. The first-order chi connectivity index (χ1) is 9.48. The van der Waals surface area contributed by atoms with Crippen LogP contribution < -0.4 is 16.4 Å². The zero-order chi connectivity index (χ0) is 14.8. The minimum atomic E-state index is -0.496. The molecule has 4 N–H and O–H groups in total. The summed E-state index contributed by atoms with van der Waals surface area (Å²) in [6.45, 7) is 4.76. The third-order valence-corrected chi connectivity index (χ3v) is 4.05. The fourth-order valence-corrected chi connectivity index (χ4v) is 2.61. The number of rotatable bonds is 4. The number of carbonyl (C=O) groups excluding carboxylic acids is 2. The molecule has 1 fully saturated rings. The number of anilines is 1. The van der Waals surface area contributed by atoms with Crippen molar-refractivity contribution < 1.29 is 9.59 Å². The molecule has 1 atom stereocenters. The molecule has 0 radical (unpaired) electrons. The average Bonchev–Trinajstić information content (AvgIpc) is 2.91. The number of nitrogens with two attached hydrogens (primary N) is 1. The van der Waals surface area contributed by atoms with Crippen molar-refractivity contribution in [2.45, 2.75) is 38.6 Å². The summed E-state index contributed by atoms with van der Waals surface area (Å²) in [6.07, 6.45) is 2.58. The van der Waals surface area contributed by atoms with Gasteiger partial charge in [-0.3, -0.25) is 9.59 Å². The van der Waals surface area contributed by atoms with Gasteiger partial charge in [-0.25, -0.2) is 0 Å². The van der Waals surface area contributed by atoms with E-state index in [4.69, 9.17) is 5.73 Å². The molecule has 1 unspecified atom stereocenters. The Bertz CT molecular complexity index is 534. The van der Waals surface area contributed by atoms with Crippen molar-refractivity contribution >= 4 is 17.5 Å². The van der Waals surface area contributed by atoms with E-state index in [0.717, 1.165) is 31.4 Å². The van der Waals surface area contributed by atoms with E-state index in [0.29, 0.717) is 11.3 Å². The fourth-order valence-electron chi connectivity index (χ4n) is 2.61. The van der Waals surface area contributed by atoms with Gasteiger partial charge in [-0.2, -0.15) is 0 Å². The Balaban J connectivity index is 2.23. The van der Waals surface area contributed by atoms with Crippen molar-refractivity contribution in [2.24, 2.45) is 5.73 Å². The Morgan fingerprint density at radius 3 is 2.75 bits per heavy atom. The number of amides is 2. The van der Waals surface area contributed by atoms with E-state index in [2.05, 4.69) is 10.6 Å². The minimum Gasteiger partial charge on any atom is -0.366 e. The van der Waals surface area contributed by atoms with Crippen LogP contribution in [-0.2, 0) is 4.79 Å². The first kappa shape index (κ1) is 14.5. The predicted octanol–water partition coefficient (Wildman–Crippen LogP) is 1.56. The standard InChI is InChI=1S/C15H21N3O2/c1-3-15(7-4-8-17-15)14(20)18-12-9-11(13(16)19)6-5-10(12)2/h5-6,9,17H,3-4,7-8H2,1-2H3,(H2,16,19)(H,18,20). The summed E-state index contributed by atoms with van der Waals surface area (Å²) < 4.78 is 0. The van der Waals surface area contributed by atoms with Crippen LogP contribution in [0.25, 0.3) is 0 Å². The Labute approximate surface area is 118 Å². The van der Waals surface area contributed by atoms with Gasteiger partial charge in [0.05, 0.1) is 5.54 Å². The molecule has 5 nitrogen and oxygen atoms in total. The van der Waals surface area contributed by atoms with Crippen LogP contribution >= 0.6 is 0 Å². The van der Waals surface area contributed by atoms with Gasteiger partial charge in [-0.05, 0) is 50.4 Å². The van der Waals surface area contributed by atoms with Gasteiger partial charge in [0.1, 0.15) is 0 Å². The first-order valence-electron chi connectivity index (χ1n) is 6.95. The molecule has 1 saturated heterocycles. The van der Waals surface area contributed by atoms with Crippen LogP contribution in [0.15, 0.2) is 18.2 Å². The lowest BCUT2D eigenvalue weighted by Crippen LogP contribution is -2.50. The summed E-state index contributed by atoms with van der Waals surface area (Å²) in [5.41, 5.74) is 6.74. The van der Waals surface area contributed by atoms with Crippen molar-refractivity contribution in [3.63, 3.8) is 0 Å². The normalized spacial score (nSPS) is 21.7. The number of primary amides is 1. The van der Waals surface area contributed by atoms with Crippen molar-refractivity contribution in [3.8, 4) is 0 Å². The predicted molar refractivity (Wildman–Crippen MR) is 78.6 cm³/mol. The van der Waals surface area contributed by atoms with E-state index in [-0.39, 0.29) is 5.91 Å². The maximum absolute atomic E-state index is 12.5. The smallest absolute Gasteiger partial charge is 0.248 e. The monoisotopic (exact) mass is 275 g/mol. The molecule has 5 heteroatoms. The van der Waals surface area contributed by atoms with Gasteiger partial charge < -0.3 is 16.4 Å². The van der Waals surface area contributed by atoms with E-state index < -0.39 is 11.4 Å². The highest BCUT2D eigenvalue weighted by Gasteiger charge is 2.39. The maximum atomic E-state index is 12.5. The summed E-state index contributed by atoms with van der Waals surface area (Å²) in [5.74, 6) is -0.535. The topological polar surface area (TPSA) is 84.2 Å². The van der Waals surface area contributed by atoms with Gasteiger partial charge in [0, 0.05) is 11.3 Å². The SMILES string of the molecule is CCC1(C(=O)Nc2cc(C(N)=O)ccc2C)CCCN1. The van der Waals surface area contributed by atoms with E-state index in [9.17, 15) is 9.59 Å². The number of aryl methyl sites for hydroxylation is 1. The molecule has 108 valence electrons. The van der Waals surface area contributed by atoms with Crippen LogP contribution in [-0.4, -0.2) is 23.9 Å². The van der Waals surface area contributed by atoms with E-state index in [1.54, 1.807) is 18.2 Å². The lowest BCUT2D eigenvalue weighted by molar-refractivity contribution is -0.122. The number of hydrogen-bond donors (Lipinski definition) is 3. The number of benzene rings is 1. The van der Waals surface area contributed by atoms with Gasteiger partial charge in [-0.1, -0.05) is 13.0 Å². The molecule has 0 aromatic heterocycles. The van der Waals surface area contributed by atoms with Crippen molar-refractivity contribution in [1.82, 2.24) is 5.32 Å². The van der Waals surface area contributed by atoms with Crippen LogP contribution in [0.5, 0.6) is 0 Å². The molecule has 1 aromatic rings. The number of nitrogens with one attached hydrogen (secondary N) is 2. The Hall–Kier alpha value is -1.88. The maximum Gasteiger partial charge on any atom is 0.248 e. The van der Waals surface area contributed by atoms with Gasteiger partial charge in [-0.15, -0.1) is 0 Å². The molecular formula is C15H21N3O2. The second-order valence-electron chi connectivity index (χ2n) is 5.31. The van der Waals surface area contributed by atoms with Gasteiger partial charge in [0.25, 0.3) is 0 Å². The van der Waals surface area contributed by atoms with Crippen molar-refractivity contribution in [3.05, 3.63) is 29.3 Å². The molecular weight excluding hydrogens is 254 g/mol. The van der Waals surface area contributed by atoms with E-state index in [1.165, 1.54) is 0 Å². The summed E-state index contributed by atoms with van der Waals surface area (Å²) in [4.78, 5) is 23.7. The van der Waals surface area contributed by atoms with E-state index in [1.807, 2.05) is 13.8 Å². The van der Waals surface area contributed by atoms with Gasteiger partial charge in [0.15, 0.2) is 0 Å². The molecule has 0 spiro atoms. The second-order valence-corrected chi connectivity index (χ2v) is 5.31. The van der Waals surface area contributed by atoms with Gasteiger partial charge in [0.2, 0.25) is 11.8 Å². The summed E-state index contributed by atoms with van der Waals surface area (Å²) in [6, 6.07) is 5.08. The van der Waals surface area contributed by atoms with Crippen LogP contribution in [0, 0.1) is 6.92 Å². The highest BCUT2D eigenvalue weighted by molar-refractivity contribution is 6.00. The summed E-state index contributed by atoms with van der Waals surface area (Å²) >= 11 is 0. The minimum absolute atomic E-state index is 0.0396. The molecule has 20 heavy (non-hydrogen) atoms. The highest BCUT2D eigenvalue weighted by atomic mass is 16.2. The van der Waals surface area contributed by atoms with E-state index >= 15 is 0 Å². The molecule has 2 amide bonds. The van der Waals surface area contributed by atoms with Crippen molar-refractivity contribution in [1.29, 1.82) is 0 Å². The molecule has 0 bridgehead atoms. The van der Waals surface area contributed by atoms with Crippen LogP contribution in [0.4, 0.5) is 5.69 Å². The lowest BCUT2D eigenvalue weighted by atomic mass is 9.93. The molecule has 1 aliphatic heterocycles. The summed E-state index contributed by atoms with van der Waals surface area (Å²) in [7, 11) is 0. The second kappa shape index (κ2) is 5.63. The molecule has 0 aliphatic carbocycles.